The van der Waals surface area contributed by atoms with Crippen molar-refractivity contribution in [2.24, 2.45) is 5.73 Å². The van der Waals surface area contributed by atoms with E-state index in [2.05, 4.69) is 15.6 Å². The number of nitrogens with zero attached hydrogens (tertiary/aromatic N) is 2. The van der Waals surface area contributed by atoms with Crippen molar-refractivity contribution in [1.29, 1.82) is 0 Å². The molecule has 0 aliphatic heterocycles. The van der Waals surface area contributed by atoms with E-state index in [0.29, 0.717) is 27.7 Å². The third kappa shape index (κ3) is 4.11. The summed E-state index contributed by atoms with van der Waals surface area (Å²) in [6.45, 7) is 0. The van der Waals surface area contributed by atoms with Gasteiger partial charge in [0, 0.05) is 23.4 Å². The van der Waals surface area contributed by atoms with Crippen LogP contribution in [0.4, 0.5) is 5.69 Å². The van der Waals surface area contributed by atoms with Crippen LogP contribution in [-0.4, -0.2) is 41.4 Å². The molecule has 0 saturated carbocycles. The summed E-state index contributed by atoms with van der Waals surface area (Å²) in [6.07, 6.45) is 1.33. The van der Waals surface area contributed by atoms with Gasteiger partial charge in [-0.3, -0.25) is 19.0 Å². The molecule has 154 valence electrons. The van der Waals surface area contributed by atoms with Crippen molar-refractivity contribution >= 4 is 35.0 Å². The van der Waals surface area contributed by atoms with Crippen molar-refractivity contribution in [3.05, 3.63) is 70.8 Å². The molecule has 3 amide bonds. The highest BCUT2D eigenvalue weighted by Crippen LogP contribution is 2.24. The summed E-state index contributed by atoms with van der Waals surface area (Å²) in [5.41, 5.74) is 6.68. The number of anilines is 1. The summed E-state index contributed by atoms with van der Waals surface area (Å²) in [4.78, 5) is 40.3. The van der Waals surface area contributed by atoms with Crippen molar-refractivity contribution < 1.29 is 19.1 Å². The molecule has 0 saturated heterocycles. The van der Waals surface area contributed by atoms with Crippen molar-refractivity contribution in [3.8, 4) is 11.4 Å². The fraction of sp³-hybridized carbons (Fsp3) is 0.100. The number of nitrogens with two attached hydrogens (primary N) is 1. The van der Waals surface area contributed by atoms with E-state index in [0.717, 1.165) is 0 Å². The van der Waals surface area contributed by atoms with E-state index in [-0.39, 0.29) is 17.3 Å². The zero-order chi connectivity index (χ0) is 21.8. The lowest BCUT2D eigenvalue weighted by molar-refractivity contribution is 0.0937. The Hall–Kier alpha value is -3.85. The van der Waals surface area contributed by atoms with Gasteiger partial charge < -0.3 is 21.1 Å². The van der Waals surface area contributed by atoms with Crippen LogP contribution >= 0.6 is 11.6 Å². The first-order valence-corrected chi connectivity index (χ1v) is 9.08. The molecule has 0 spiro atoms. The zero-order valence-corrected chi connectivity index (χ0v) is 16.9. The molecule has 0 unspecified atom stereocenters. The van der Waals surface area contributed by atoms with E-state index in [9.17, 15) is 14.4 Å². The van der Waals surface area contributed by atoms with Crippen LogP contribution in [0.2, 0.25) is 5.02 Å². The van der Waals surface area contributed by atoms with Gasteiger partial charge in [-0.2, -0.15) is 0 Å². The minimum atomic E-state index is -0.793. The van der Waals surface area contributed by atoms with Gasteiger partial charge in [-0.1, -0.05) is 11.6 Å². The number of halogens is 1. The second-order valence-electron chi connectivity index (χ2n) is 6.10. The van der Waals surface area contributed by atoms with Crippen molar-refractivity contribution in [1.82, 2.24) is 14.9 Å². The molecule has 9 nitrogen and oxygen atoms in total. The highest BCUT2D eigenvalue weighted by atomic mass is 35.5. The number of hydrogen-bond donors (Lipinski definition) is 3. The summed E-state index contributed by atoms with van der Waals surface area (Å²) in [6, 6.07) is 11.3. The molecule has 4 N–H and O–H groups in total. The van der Waals surface area contributed by atoms with Crippen molar-refractivity contribution in [2.45, 2.75) is 0 Å². The number of methoxy groups -OCH3 is 1. The van der Waals surface area contributed by atoms with Crippen LogP contribution in [0, 0.1) is 0 Å². The first kappa shape index (κ1) is 20.9. The van der Waals surface area contributed by atoms with Crippen LogP contribution < -0.4 is 21.1 Å². The Morgan fingerprint density at radius 1 is 1.10 bits per heavy atom. The number of carbonyl (C=O) groups is 3. The number of primary amides is 1. The standard InChI is InChI=1S/C20H18ClN5O4/c1-23-20(29)16-17(18(22)27)26(10-24-16)13-6-4-12(5-7-13)25-19(28)14-8-3-11(21)9-15(14)30-2/h3-10H,1-2H3,(H2,22,27)(H,23,29)(H,25,28). The molecule has 0 aliphatic rings. The Bertz CT molecular complexity index is 1120. The molecule has 0 bridgehead atoms. The molecule has 0 fully saturated rings. The Kier molecular flexibility index (Phi) is 6.03. The third-order valence-electron chi connectivity index (χ3n) is 4.25. The van der Waals surface area contributed by atoms with Gasteiger partial charge in [0.25, 0.3) is 17.7 Å². The highest BCUT2D eigenvalue weighted by molar-refractivity contribution is 6.31. The minimum Gasteiger partial charge on any atom is -0.496 e. The van der Waals surface area contributed by atoms with Gasteiger partial charge in [0.15, 0.2) is 5.69 Å². The number of rotatable bonds is 6. The first-order valence-electron chi connectivity index (χ1n) is 8.70. The number of benzene rings is 2. The van der Waals surface area contributed by atoms with Crippen LogP contribution in [0.3, 0.4) is 0 Å². The predicted molar refractivity (Wildman–Crippen MR) is 111 cm³/mol. The molecule has 0 atom stereocenters. The van der Waals surface area contributed by atoms with Crippen LogP contribution in [-0.2, 0) is 0 Å². The van der Waals surface area contributed by atoms with Crippen LogP contribution in [0.25, 0.3) is 5.69 Å². The van der Waals surface area contributed by atoms with E-state index >= 15 is 0 Å². The van der Waals surface area contributed by atoms with E-state index in [1.165, 1.54) is 25.1 Å². The number of hydrogen-bond acceptors (Lipinski definition) is 5. The van der Waals surface area contributed by atoms with Crippen LogP contribution in [0.15, 0.2) is 48.8 Å². The fourth-order valence-corrected chi connectivity index (χ4v) is 2.98. The maximum Gasteiger partial charge on any atom is 0.272 e. The number of amides is 3. The molecular weight excluding hydrogens is 410 g/mol. The topological polar surface area (TPSA) is 128 Å². The number of aromatic nitrogens is 2. The third-order valence-corrected chi connectivity index (χ3v) is 4.49. The summed E-state index contributed by atoms with van der Waals surface area (Å²) in [7, 11) is 2.88. The Morgan fingerprint density at radius 3 is 2.40 bits per heavy atom. The highest BCUT2D eigenvalue weighted by Gasteiger charge is 2.22. The molecule has 2 aromatic carbocycles. The van der Waals surface area contributed by atoms with E-state index < -0.39 is 11.8 Å². The predicted octanol–water partition coefficient (Wildman–Crippen LogP) is 2.25. The monoisotopic (exact) mass is 427 g/mol. The normalized spacial score (nSPS) is 10.4. The second kappa shape index (κ2) is 8.66. The van der Waals surface area contributed by atoms with Crippen molar-refractivity contribution in [2.75, 3.05) is 19.5 Å². The zero-order valence-electron chi connectivity index (χ0n) is 16.1. The minimum absolute atomic E-state index is 0.0444. The quantitative estimate of drug-likeness (QED) is 0.555. The van der Waals surface area contributed by atoms with E-state index in [4.69, 9.17) is 22.1 Å². The second-order valence-corrected chi connectivity index (χ2v) is 6.54. The molecule has 0 aliphatic carbocycles. The van der Waals surface area contributed by atoms with E-state index in [1.54, 1.807) is 42.5 Å². The van der Waals surface area contributed by atoms with Crippen LogP contribution in [0.5, 0.6) is 5.75 Å². The van der Waals surface area contributed by atoms with Gasteiger partial charge in [-0.15, -0.1) is 0 Å². The van der Waals surface area contributed by atoms with E-state index in [1.807, 2.05) is 0 Å². The average molecular weight is 428 g/mol. The molecule has 1 aromatic heterocycles. The van der Waals surface area contributed by atoms with Gasteiger partial charge in [0.05, 0.1) is 12.7 Å². The molecule has 1 heterocycles. The molecular formula is C20H18ClN5O4. The first-order chi connectivity index (χ1) is 14.3. The largest absolute Gasteiger partial charge is 0.496 e. The number of carbonyl (C=O) groups excluding carboxylic acids is 3. The number of nitrogens with one attached hydrogen (secondary N) is 2. The van der Waals surface area contributed by atoms with Crippen LogP contribution in [0.1, 0.15) is 31.3 Å². The summed E-state index contributed by atoms with van der Waals surface area (Å²) < 4.78 is 6.60. The molecule has 10 heteroatoms. The maximum atomic E-state index is 12.6. The molecule has 0 radical (unpaired) electrons. The SMILES string of the molecule is CNC(=O)c1ncn(-c2ccc(NC(=O)c3ccc(Cl)cc3OC)cc2)c1C(N)=O. The van der Waals surface area contributed by atoms with Gasteiger partial charge in [-0.05, 0) is 42.5 Å². The average Bonchev–Trinajstić information content (AvgIpc) is 3.19. The Labute approximate surface area is 176 Å². The maximum absolute atomic E-state index is 12.6. The molecule has 3 rings (SSSR count). The lowest BCUT2D eigenvalue weighted by Gasteiger charge is -2.11. The van der Waals surface area contributed by atoms with Gasteiger partial charge >= 0.3 is 0 Å². The Balaban J connectivity index is 1.86. The number of ether oxygens (including phenoxy) is 1. The number of imidazole rings is 1. The summed E-state index contributed by atoms with van der Waals surface area (Å²) in [5.74, 6) is -1.34. The van der Waals surface area contributed by atoms with Crippen molar-refractivity contribution in [3.63, 3.8) is 0 Å². The smallest absolute Gasteiger partial charge is 0.272 e. The lowest BCUT2D eigenvalue weighted by Crippen LogP contribution is -2.25. The van der Waals surface area contributed by atoms with Gasteiger partial charge in [0.2, 0.25) is 0 Å². The molecule has 3 aromatic rings. The summed E-state index contributed by atoms with van der Waals surface area (Å²) in [5, 5.41) is 5.62. The van der Waals surface area contributed by atoms with Gasteiger partial charge in [-0.25, -0.2) is 4.98 Å². The Morgan fingerprint density at radius 2 is 1.80 bits per heavy atom. The summed E-state index contributed by atoms with van der Waals surface area (Å²) >= 11 is 5.92. The fourth-order valence-electron chi connectivity index (χ4n) is 2.82. The van der Waals surface area contributed by atoms with Gasteiger partial charge in [0.1, 0.15) is 17.8 Å². The lowest BCUT2D eigenvalue weighted by atomic mass is 10.1. The molecule has 30 heavy (non-hydrogen) atoms.